The zero-order chi connectivity index (χ0) is 20.7. The highest BCUT2D eigenvalue weighted by Crippen LogP contribution is 2.29. The fourth-order valence-electron chi connectivity index (χ4n) is 2.36. The van der Waals surface area contributed by atoms with Crippen molar-refractivity contribution in [3.8, 4) is 17.2 Å². The second-order valence-electron chi connectivity index (χ2n) is 6.03. The van der Waals surface area contributed by atoms with E-state index in [4.69, 9.17) is 19.7 Å². The number of hydrogen-bond donors (Lipinski definition) is 0. The predicted molar refractivity (Wildman–Crippen MR) is 102 cm³/mol. The Morgan fingerprint density at radius 1 is 1.14 bits per heavy atom. The normalized spacial score (nSPS) is 12.0. The van der Waals surface area contributed by atoms with Crippen molar-refractivity contribution >= 4 is 21.8 Å². The molecule has 0 aromatic heterocycles. The van der Waals surface area contributed by atoms with E-state index in [1.807, 2.05) is 0 Å². The van der Waals surface area contributed by atoms with Gasteiger partial charge in [0, 0.05) is 25.0 Å². The molecule has 0 bridgehead atoms. The average Bonchev–Trinajstić information content (AvgIpc) is 2.61. The summed E-state index contributed by atoms with van der Waals surface area (Å²) in [6, 6.07) is 10.4. The molecule has 2 aromatic rings. The van der Waals surface area contributed by atoms with Gasteiger partial charge in [-0.05, 0) is 43.3 Å². The first-order valence-corrected chi connectivity index (χ1v) is 10.1. The van der Waals surface area contributed by atoms with Crippen molar-refractivity contribution in [2.24, 2.45) is 0 Å². The molecule has 148 valence electrons. The summed E-state index contributed by atoms with van der Waals surface area (Å²) < 4.78 is 39.6. The number of nitrogens with zero attached hydrogens (tertiary/aromatic N) is 2. The van der Waals surface area contributed by atoms with Crippen LogP contribution in [0.5, 0.6) is 17.2 Å². The molecule has 9 heteroatoms. The standard InChI is InChI=1S/C19H20N2O6S/c1-13(12-25-2)26-16-8-14(19(22)11-21-20)9-17(10-16)27-15-4-6-18(7-5-15)28(3,23)24/h4-11,13H,12H2,1-3H3/t13-/m0/s1. The van der Waals surface area contributed by atoms with E-state index in [1.54, 1.807) is 20.1 Å². The number of methoxy groups -OCH3 is 1. The van der Waals surface area contributed by atoms with Crippen molar-refractivity contribution < 1.29 is 32.2 Å². The summed E-state index contributed by atoms with van der Waals surface area (Å²) in [5.74, 6) is 0.502. The van der Waals surface area contributed by atoms with Gasteiger partial charge in [-0.15, -0.1) is 0 Å². The van der Waals surface area contributed by atoms with Crippen LogP contribution in [0.2, 0.25) is 0 Å². The monoisotopic (exact) mass is 404 g/mol. The Kier molecular flexibility index (Phi) is 7.06. The second kappa shape index (κ2) is 9.27. The Bertz CT molecular complexity index is 996. The average molecular weight is 404 g/mol. The minimum Gasteiger partial charge on any atom is -0.488 e. The molecular weight excluding hydrogens is 384 g/mol. The molecule has 28 heavy (non-hydrogen) atoms. The fourth-order valence-corrected chi connectivity index (χ4v) is 2.99. The van der Waals surface area contributed by atoms with Gasteiger partial charge in [-0.2, -0.15) is 4.79 Å². The maximum atomic E-state index is 12.1. The van der Waals surface area contributed by atoms with E-state index in [0.717, 1.165) is 12.5 Å². The third kappa shape index (κ3) is 6.02. The third-order valence-electron chi connectivity index (χ3n) is 3.57. The summed E-state index contributed by atoms with van der Waals surface area (Å²) in [7, 11) is -1.76. The summed E-state index contributed by atoms with van der Waals surface area (Å²) >= 11 is 0. The van der Waals surface area contributed by atoms with Crippen molar-refractivity contribution in [3.05, 3.63) is 53.6 Å². The molecule has 0 heterocycles. The van der Waals surface area contributed by atoms with Crippen molar-refractivity contribution in [2.75, 3.05) is 20.0 Å². The van der Waals surface area contributed by atoms with Gasteiger partial charge in [0.25, 0.3) is 5.78 Å². The number of ketones is 1. The lowest BCUT2D eigenvalue weighted by molar-refractivity contribution is 0.00234. The van der Waals surface area contributed by atoms with E-state index in [2.05, 4.69) is 4.79 Å². The molecule has 0 aliphatic carbocycles. The van der Waals surface area contributed by atoms with Gasteiger partial charge in [-0.3, -0.25) is 4.79 Å². The van der Waals surface area contributed by atoms with E-state index in [-0.39, 0.29) is 16.6 Å². The van der Waals surface area contributed by atoms with Crippen molar-refractivity contribution in [1.82, 2.24) is 0 Å². The van der Waals surface area contributed by atoms with Gasteiger partial charge in [-0.1, -0.05) is 0 Å². The van der Waals surface area contributed by atoms with Crippen LogP contribution in [-0.2, 0) is 14.6 Å². The topological polar surface area (TPSA) is 115 Å². The zero-order valence-corrected chi connectivity index (χ0v) is 16.5. The lowest BCUT2D eigenvalue weighted by Gasteiger charge is -2.15. The van der Waals surface area contributed by atoms with Crippen molar-refractivity contribution in [3.63, 3.8) is 0 Å². The molecule has 0 saturated heterocycles. The van der Waals surface area contributed by atoms with Gasteiger partial charge >= 0.3 is 6.21 Å². The Morgan fingerprint density at radius 3 is 2.36 bits per heavy atom. The van der Waals surface area contributed by atoms with Crippen LogP contribution >= 0.6 is 0 Å². The minimum atomic E-state index is -3.31. The maximum absolute atomic E-state index is 12.1. The van der Waals surface area contributed by atoms with Crippen LogP contribution in [0.15, 0.2) is 47.4 Å². The van der Waals surface area contributed by atoms with Gasteiger partial charge in [0.2, 0.25) is 0 Å². The number of benzene rings is 2. The maximum Gasteiger partial charge on any atom is 0.328 e. The van der Waals surface area contributed by atoms with Crippen LogP contribution in [0, 0.1) is 0 Å². The summed E-state index contributed by atoms with van der Waals surface area (Å²) in [5.41, 5.74) is 8.80. The number of rotatable bonds is 9. The quantitative estimate of drug-likeness (QED) is 0.275. The fraction of sp³-hybridized carbons (Fsp3) is 0.263. The molecule has 0 unspecified atom stereocenters. The van der Waals surface area contributed by atoms with Gasteiger partial charge < -0.3 is 19.7 Å². The highest BCUT2D eigenvalue weighted by molar-refractivity contribution is 7.90. The van der Waals surface area contributed by atoms with E-state index >= 15 is 0 Å². The zero-order valence-electron chi connectivity index (χ0n) is 15.7. The Hall–Kier alpha value is -3.00. The molecule has 1 atom stereocenters. The molecule has 0 aliphatic heterocycles. The first kappa shape index (κ1) is 21.3. The van der Waals surface area contributed by atoms with Crippen LogP contribution in [-0.4, -0.2) is 51.3 Å². The first-order valence-electron chi connectivity index (χ1n) is 8.23. The van der Waals surface area contributed by atoms with Gasteiger partial charge in [-0.25, -0.2) is 8.42 Å². The molecular formula is C19H20N2O6S. The van der Waals surface area contributed by atoms with Crippen LogP contribution < -0.4 is 9.47 Å². The summed E-state index contributed by atoms with van der Waals surface area (Å²) in [5, 5.41) is 0. The lowest BCUT2D eigenvalue weighted by atomic mass is 10.1. The molecule has 2 aromatic carbocycles. The molecule has 0 N–H and O–H groups in total. The van der Waals surface area contributed by atoms with Crippen LogP contribution in [0.4, 0.5) is 0 Å². The van der Waals surface area contributed by atoms with Gasteiger partial charge in [0.15, 0.2) is 9.84 Å². The Morgan fingerprint density at radius 2 is 1.79 bits per heavy atom. The van der Waals surface area contributed by atoms with Gasteiger partial charge in [0.05, 0.1) is 11.5 Å². The highest BCUT2D eigenvalue weighted by Gasteiger charge is 2.14. The largest absolute Gasteiger partial charge is 0.488 e. The van der Waals surface area contributed by atoms with Crippen LogP contribution in [0.1, 0.15) is 17.3 Å². The van der Waals surface area contributed by atoms with Crippen LogP contribution in [0.25, 0.3) is 5.53 Å². The van der Waals surface area contributed by atoms with E-state index < -0.39 is 15.6 Å². The third-order valence-corrected chi connectivity index (χ3v) is 4.69. The van der Waals surface area contributed by atoms with Crippen molar-refractivity contribution in [2.45, 2.75) is 17.9 Å². The number of hydrogen-bond acceptors (Lipinski definition) is 6. The highest BCUT2D eigenvalue weighted by atomic mass is 32.2. The molecule has 0 amide bonds. The molecule has 2 rings (SSSR count). The number of sulfone groups is 1. The SMILES string of the molecule is COC[C@H](C)Oc1cc(Oc2ccc(S(C)(=O)=O)cc2)cc(C(=O)C=[N+]=[N-])c1. The Labute approximate surface area is 163 Å². The first-order chi connectivity index (χ1) is 13.2. The number of carbonyl (C=O) groups is 1. The molecule has 0 saturated carbocycles. The Balaban J connectivity index is 2.34. The predicted octanol–water partition coefficient (Wildman–Crippen LogP) is 2.78. The smallest absolute Gasteiger partial charge is 0.328 e. The molecule has 0 radical (unpaired) electrons. The minimum absolute atomic E-state index is 0.167. The number of ether oxygens (including phenoxy) is 3. The number of Topliss-reactive ketones (excluding diaryl/α,β-unsaturated/α-hetero) is 1. The second-order valence-corrected chi connectivity index (χ2v) is 8.05. The molecule has 8 nitrogen and oxygen atoms in total. The summed E-state index contributed by atoms with van der Waals surface area (Å²) in [6.07, 6.45) is 1.61. The summed E-state index contributed by atoms with van der Waals surface area (Å²) in [6.45, 7) is 2.15. The molecule has 0 aliphatic rings. The molecule has 0 spiro atoms. The van der Waals surface area contributed by atoms with Crippen molar-refractivity contribution in [1.29, 1.82) is 0 Å². The van der Waals surface area contributed by atoms with E-state index in [0.29, 0.717) is 23.9 Å². The number of carbonyl (C=O) groups excluding carboxylic acids is 1. The van der Waals surface area contributed by atoms with E-state index in [9.17, 15) is 13.2 Å². The van der Waals surface area contributed by atoms with Gasteiger partial charge in [0.1, 0.15) is 23.4 Å². The molecule has 0 fully saturated rings. The lowest BCUT2D eigenvalue weighted by Crippen LogP contribution is -2.18. The van der Waals surface area contributed by atoms with E-state index in [1.165, 1.54) is 36.4 Å². The summed E-state index contributed by atoms with van der Waals surface area (Å²) in [4.78, 5) is 15.0. The van der Waals surface area contributed by atoms with Crippen LogP contribution in [0.3, 0.4) is 0 Å².